The molecule has 3 rings (SSSR count). The summed E-state index contributed by atoms with van der Waals surface area (Å²) in [5.41, 5.74) is 3.51. The monoisotopic (exact) mass is 284 g/mol. The zero-order valence-corrected chi connectivity index (χ0v) is 11.8. The van der Waals surface area contributed by atoms with Gasteiger partial charge in [0.05, 0.1) is 7.11 Å². The molecule has 2 aromatic rings. The molecular formula is C17H13ClO2. The van der Waals surface area contributed by atoms with Crippen molar-refractivity contribution in [2.24, 2.45) is 0 Å². The third-order valence-corrected chi connectivity index (χ3v) is 3.65. The molecule has 0 aliphatic heterocycles. The highest BCUT2D eigenvalue weighted by atomic mass is 35.5. The first-order valence-corrected chi connectivity index (χ1v) is 6.73. The molecule has 1 aliphatic rings. The minimum atomic E-state index is 0.0858. The van der Waals surface area contributed by atoms with Crippen LogP contribution in [0.3, 0.4) is 0 Å². The Morgan fingerprint density at radius 1 is 1.20 bits per heavy atom. The lowest BCUT2D eigenvalue weighted by Crippen LogP contribution is -1.95. The summed E-state index contributed by atoms with van der Waals surface area (Å²) >= 11 is 5.96. The average molecular weight is 285 g/mol. The predicted octanol–water partition coefficient (Wildman–Crippen LogP) is 4.17. The first-order valence-electron chi connectivity index (χ1n) is 6.35. The molecular weight excluding hydrogens is 272 g/mol. The Balaban J connectivity index is 1.97. The van der Waals surface area contributed by atoms with Crippen molar-refractivity contribution in [3.8, 4) is 5.75 Å². The highest BCUT2D eigenvalue weighted by molar-refractivity contribution is 6.30. The van der Waals surface area contributed by atoms with Gasteiger partial charge in [-0.25, -0.2) is 0 Å². The van der Waals surface area contributed by atoms with E-state index in [0.29, 0.717) is 11.4 Å². The van der Waals surface area contributed by atoms with Gasteiger partial charge in [0.1, 0.15) is 5.75 Å². The summed E-state index contributed by atoms with van der Waals surface area (Å²) in [5.74, 6) is 0.864. The lowest BCUT2D eigenvalue weighted by molar-refractivity contribution is 0.104. The van der Waals surface area contributed by atoms with Crippen LogP contribution in [-0.4, -0.2) is 12.9 Å². The fourth-order valence-electron chi connectivity index (χ4n) is 2.44. The van der Waals surface area contributed by atoms with Gasteiger partial charge in [0.15, 0.2) is 5.78 Å². The minimum absolute atomic E-state index is 0.0858. The van der Waals surface area contributed by atoms with Crippen molar-refractivity contribution in [1.29, 1.82) is 0 Å². The number of hydrogen-bond acceptors (Lipinski definition) is 2. The highest BCUT2D eigenvalue weighted by Crippen LogP contribution is 2.30. The van der Waals surface area contributed by atoms with Crippen molar-refractivity contribution in [3.63, 3.8) is 0 Å². The maximum absolute atomic E-state index is 12.3. The van der Waals surface area contributed by atoms with Crippen LogP contribution >= 0.6 is 11.6 Å². The molecule has 0 radical (unpaired) electrons. The van der Waals surface area contributed by atoms with Crippen LogP contribution in [-0.2, 0) is 6.42 Å². The summed E-state index contributed by atoms with van der Waals surface area (Å²) in [7, 11) is 1.63. The number of fused-ring (bicyclic) bond motifs is 1. The molecule has 0 bridgehead atoms. The number of hydrogen-bond donors (Lipinski definition) is 0. The van der Waals surface area contributed by atoms with Gasteiger partial charge in [-0.1, -0.05) is 23.7 Å². The third-order valence-electron chi connectivity index (χ3n) is 3.42. The summed E-state index contributed by atoms with van der Waals surface area (Å²) in [6.45, 7) is 0. The SMILES string of the molecule is COc1ccc2c(c1)CC(=Cc1cccc(Cl)c1)C2=O. The van der Waals surface area contributed by atoms with Gasteiger partial charge in [-0.15, -0.1) is 0 Å². The van der Waals surface area contributed by atoms with E-state index >= 15 is 0 Å². The van der Waals surface area contributed by atoms with Crippen molar-refractivity contribution in [1.82, 2.24) is 0 Å². The summed E-state index contributed by atoms with van der Waals surface area (Å²) < 4.78 is 5.20. The second-order valence-electron chi connectivity index (χ2n) is 4.75. The van der Waals surface area contributed by atoms with Crippen LogP contribution in [0.25, 0.3) is 6.08 Å². The molecule has 0 atom stereocenters. The molecule has 0 N–H and O–H groups in total. The maximum atomic E-state index is 12.3. The zero-order valence-electron chi connectivity index (χ0n) is 11.0. The Labute approximate surface area is 122 Å². The summed E-state index contributed by atoms with van der Waals surface area (Å²) in [4.78, 5) is 12.3. The largest absolute Gasteiger partial charge is 0.497 e. The number of allylic oxidation sites excluding steroid dienone is 1. The molecule has 0 amide bonds. The van der Waals surface area contributed by atoms with Crippen LogP contribution in [0.2, 0.25) is 5.02 Å². The van der Waals surface area contributed by atoms with Gasteiger partial charge in [-0.2, -0.15) is 0 Å². The van der Waals surface area contributed by atoms with Gasteiger partial charge in [0.25, 0.3) is 0 Å². The Morgan fingerprint density at radius 2 is 2.05 bits per heavy atom. The molecule has 0 unspecified atom stereocenters. The van der Waals surface area contributed by atoms with Crippen LogP contribution in [0.15, 0.2) is 48.0 Å². The van der Waals surface area contributed by atoms with Crippen LogP contribution in [0.4, 0.5) is 0 Å². The smallest absolute Gasteiger partial charge is 0.189 e. The number of carbonyl (C=O) groups is 1. The number of benzene rings is 2. The van der Waals surface area contributed by atoms with E-state index in [9.17, 15) is 4.79 Å². The van der Waals surface area contributed by atoms with E-state index in [2.05, 4.69) is 0 Å². The second-order valence-corrected chi connectivity index (χ2v) is 5.19. The number of rotatable bonds is 2. The number of halogens is 1. The van der Waals surface area contributed by atoms with Gasteiger partial charge in [0, 0.05) is 22.6 Å². The molecule has 3 heteroatoms. The molecule has 0 saturated heterocycles. The van der Waals surface area contributed by atoms with Crippen LogP contribution < -0.4 is 4.74 Å². The Hall–Kier alpha value is -2.06. The van der Waals surface area contributed by atoms with E-state index in [1.54, 1.807) is 7.11 Å². The van der Waals surface area contributed by atoms with E-state index in [1.807, 2.05) is 48.5 Å². The van der Waals surface area contributed by atoms with E-state index in [1.165, 1.54) is 0 Å². The predicted molar refractivity (Wildman–Crippen MR) is 80.5 cm³/mol. The maximum Gasteiger partial charge on any atom is 0.189 e. The molecule has 0 saturated carbocycles. The summed E-state index contributed by atoms with van der Waals surface area (Å²) in [5, 5.41) is 0.670. The molecule has 100 valence electrons. The lowest BCUT2D eigenvalue weighted by Gasteiger charge is -2.01. The van der Waals surface area contributed by atoms with E-state index in [0.717, 1.165) is 28.0 Å². The number of Topliss-reactive ketones (excluding diaryl/α,β-unsaturated/α-hetero) is 1. The third kappa shape index (κ3) is 2.35. The van der Waals surface area contributed by atoms with Crippen molar-refractivity contribution >= 4 is 23.5 Å². The Bertz CT molecular complexity index is 717. The summed E-state index contributed by atoms with van der Waals surface area (Å²) in [6.07, 6.45) is 2.54. The summed E-state index contributed by atoms with van der Waals surface area (Å²) in [6, 6.07) is 13.1. The van der Waals surface area contributed by atoms with Crippen LogP contribution in [0, 0.1) is 0 Å². The number of carbonyl (C=O) groups excluding carboxylic acids is 1. The number of methoxy groups -OCH3 is 1. The molecule has 0 spiro atoms. The van der Waals surface area contributed by atoms with Crippen LogP contribution in [0.1, 0.15) is 21.5 Å². The molecule has 2 nitrogen and oxygen atoms in total. The van der Waals surface area contributed by atoms with Crippen LogP contribution in [0.5, 0.6) is 5.75 Å². The number of ketones is 1. The zero-order chi connectivity index (χ0) is 14.1. The van der Waals surface area contributed by atoms with E-state index in [-0.39, 0.29) is 5.78 Å². The normalized spacial score (nSPS) is 15.5. The van der Waals surface area contributed by atoms with Crippen molar-refractivity contribution in [3.05, 3.63) is 69.8 Å². The lowest BCUT2D eigenvalue weighted by atomic mass is 10.1. The first-order chi connectivity index (χ1) is 9.67. The molecule has 0 aromatic heterocycles. The van der Waals surface area contributed by atoms with Gasteiger partial charge >= 0.3 is 0 Å². The fourth-order valence-corrected chi connectivity index (χ4v) is 2.64. The van der Waals surface area contributed by atoms with Gasteiger partial charge in [-0.3, -0.25) is 4.79 Å². The Morgan fingerprint density at radius 3 is 2.80 bits per heavy atom. The van der Waals surface area contributed by atoms with Gasteiger partial charge < -0.3 is 4.74 Å². The highest BCUT2D eigenvalue weighted by Gasteiger charge is 2.24. The van der Waals surface area contributed by atoms with Crippen molar-refractivity contribution < 1.29 is 9.53 Å². The van der Waals surface area contributed by atoms with Gasteiger partial charge in [-0.05, 0) is 47.5 Å². The van der Waals surface area contributed by atoms with Crippen molar-refractivity contribution in [2.75, 3.05) is 7.11 Å². The molecule has 2 aromatic carbocycles. The van der Waals surface area contributed by atoms with E-state index in [4.69, 9.17) is 16.3 Å². The fraction of sp³-hybridized carbons (Fsp3) is 0.118. The molecule has 1 aliphatic carbocycles. The standard InChI is InChI=1S/C17H13ClO2/c1-20-15-5-6-16-12(10-15)9-13(17(16)19)7-11-3-2-4-14(18)8-11/h2-8,10H,9H2,1H3. The number of ether oxygens (including phenoxy) is 1. The average Bonchev–Trinajstić information content (AvgIpc) is 2.75. The Kier molecular flexibility index (Phi) is 3.33. The topological polar surface area (TPSA) is 26.3 Å². The second kappa shape index (κ2) is 5.14. The quantitative estimate of drug-likeness (QED) is 0.774. The molecule has 0 heterocycles. The molecule has 0 fully saturated rings. The van der Waals surface area contributed by atoms with E-state index < -0.39 is 0 Å². The van der Waals surface area contributed by atoms with Crippen molar-refractivity contribution in [2.45, 2.75) is 6.42 Å². The van der Waals surface area contributed by atoms with Gasteiger partial charge in [0.2, 0.25) is 0 Å². The first kappa shape index (κ1) is 12.9. The molecule has 20 heavy (non-hydrogen) atoms. The minimum Gasteiger partial charge on any atom is -0.497 e.